The molecular weight excluding hydrogens is 168 g/mol. The monoisotopic (exact) mass is 184 g/mol. The lowest BCUT2D eigenvalue weighted by Gasteiger charge is -2.36. The molecule has 1 N–H and O–H groups in total. The van der Waals surface area contributed by atoms with Crippen LogP contribution in [-0.2, 0) is 4.79 Å². The van der Waals surface area contributed by atoms with Gasteiger partial charge in [0.15, 0.2) is 0 Å². The van der Waals surface area contributed by atoms with Crippen molar-refractivity contribution in [1.29, 1.82) is 0 Å². The number of hydrogen-bond acceptors (Lipinski definition) is 3. The molecule has 0 spiro atoms. The van der Waals surface area contributed by atoms with Crippen molar-refractivity contribution >= 4 is 5.91 Å². The zero-order chi connectivity index (χ0) is 9.26. The number of rotatable bonds is 1. The van der Waals surface area contributed by atoms with Crippen molar-refractivity contribution in [2.24, 2.45) is 5.92 Å². The molecule has 1 amide bonds. The van der Waals surface area contributed by atoms with Crippen LogP contribution < -0.4 is 0 Å². The van der Waals surface area contributed by atoms with Gasteiger partial charge in [-0.15, -0.1) is 0 Å². The Labute approximate surface area is 78.1 Å². The Morgan fingerprint density at radius 3 is 2.54 bits per heavy atom. The predicted molar refractivity (Wildman–Crippen MR) is 47.3 cm³/mol. The maximum Gasteiger partial charge on any atom is 0.227 e. The van der Waals surface area contributed by atoms with Gasteiger partial charge in [-0.2, -0.15) is 5.06 Å². The summed E-state index contributed by atoms with van der Waals surface area (Å²) in [6.45, 7) is 3.07. The first-order valence-electron chi connectivity index (χ1n) is 5.00. The normalized spacial score (nSPS) is 29.9. The lowest BCUT2D eigenvalue weighted by molar-refractivity contribution is -0.154. The molecule has 0 unspecified atom stereocenters. The van der Waals surface area contributed by atoms with Crippen LogP contribution in [0.3, 0.4) is 0 Å². The molecule has 2 saturated heterocycles. The van der Waals surface area contributed by atoms with Gasteiger partial charge in [0, 0.05) is 26.2 Å². The lowest BCUT2D eigenvalue weighted by atomic mass is 9.96. The van der Waals surface area contributed by atoms with Gasteiger partial charge in [-0.1, -0.05) is 0 Å². The smallest absolute Gasteiger partial charge is 0.227 e. The Morgan fingerprint density at radius 1 is 1.23 bits per heavy atom. The quantitative estimate of drug-likeness (QED) is 0.638. The molecule has 0 aliphatic carbocycles. The summed E-state index contributed by atoms with van der Waals surface area (Å²) in [6, 6.07) is 0. The second-order valence-corrected chi connectivity index (χ2v) is 3.93. The molecule has 0 radical (unpaired) electrons. The van der Waals surface area contributed by atoms with E-state index in [9.17, 15) is 10.0 Å². The molecule has 2 heterocycles. The third-order valence-corrected chi connectivity index (χ3v) is 2.92. The van der Waals surface area contributed by atoms with Gasteiger partial charge in [-0.3, -0.25) is 4.79 Å². The fourth-order valence-electron chi connectivity index (χ4n) is 1.95. The highest BCUT2D eigenvalue weighted by Crippen LogP contribution is 2.20. The van der Waals surface area contributed by atoms with Gasteiger partial charge in [0.05, 0.1) is 5.92 Å². The number of carbonyl (C=O) groups is 1. The molecule has 0 aromatic rings. The number of hydrogen-bond donors (Lipinski definition) is 1. The minimum absolute atomic E-state index is 0.0408. The lowest BCUT2D eigenvalue weighted by Crippen LogP contribution is -2.49. The molecule has 13 heavy (non-hydrogen) atoms. The van der Waals surface area contributed by atoms with Crippen molar-refractivity contribution in [3.05, 3.63) is 0 Å². The van der Waals surface area contributed by atoms with E-state index in [2.05, 4.69) is 0 Å². The highest BCUT2D eigenvalue weighted by Gasteiger charge is 2.30. The third kappa shape index (κ3) is 1.84. The van der Waals surface area contributed by atoms with Gasteiger partial charge in [0.25, 0.3) is 0 Å². The van der Waals surface area contributed by atoms with E-state index >= 15 is 0 Å². The van der Waals surface area contributed by atoms with E-state index in [4.69, 9.17) is 0 Å². The predicted octanol–water partition coefficient (Wildman–Crippen LogP) is 0.320. The van der Waals surface area contributed by atoms with Crippen LogP contribution in [0.25, 0.3) is 0 Å². The van der Waals surface area contributed by atoms with Crippen molar-refractivity contribution < 1.29 is 10.0 Å². The van der Waals surface area contributed by atoms with E-state index in [1.807, 2.05) is 4.90 Å². The second kappa shape index (κ2) is 3.64. The molecule has 74 valence electrons. The van der Waals surface area contributed by atoms with Crippen LogP contribution in [0.2, 0.25) is 0 Å². The Morgan fingerprint density at radius 2 is 2.00 bits per heavy atom. The van der Waals surface area contributed by atoms with E-state index in [-0.39, 0.29) is 11.8 Å². The average molecular weight is 184 g/mol. The minimum Gasteiger partial charge on any atom is -0.342 e. The average Bonchev–Trinajstić information content (AvgIpc) is 2.01. The second-order valence-electron chi connectivity index (χ2n) is 3.93. The first-order chi connectivity index (χ1) is 6.27. The van der Waals surface area contributed by atoms with Gasteiger partial charge in [0.2, 0.25) is 5.91 Å². The van der Waals surface area contributed by atoms with Crippen LogP contribution in [0.1, 0.15) is 19.3 Å². The van der Waals surface area contributed by atoms with Crippen LogP contribution in [0.4, 0.5) is 0 Å². The Balaban J connectivity index is 1.87. The molecule has 2 aliphatic heterocycles. The van der Waals surface area contributed by atoms with E-state index in [0.29, 0.717) is 13.1 Å². The van der Waals surface area contributed by atoms with Gasteiger partial charge in [0.1, 0.15) is 0 Å². The summed E-state index contributed by atoms with van der Waals surface area (Å²) in [4.78, 5) is 13.6. The largest absolute Gasteiger partial charge is 0.342 e. The molecule has 0 saturated carbocycles. The Hall–Kier alpha value is -0.610. The van der Waals surface area contributed by atoms with Crippen molar-refractivity contribution in [3.63, 3.8) is 0 Å². The van der Waals surface area contributed by atoms with Crippen LogP contribution in [0, 0.1) is 5.92 Å². The van der Waals surface area contributed by atoms with Crippen LogP contribution in [-0.4, -0.2) is 47.3 Å². The van der Waals surface area contributed by atoms with Crippen LogP contribution >= 0.6 is 0 Å². The third-order valence-electron chi connectivity index (χ3n) is 2.92. The number of likely N-dealkylation sites (tertiary alicyclic amines) is 1. The summed E-state index contributed by atoms with van der Waals surface area (Å²) < 4.78 is 0. The molecular formula is C9H16N2O2. The zero-order valence-electron chi connectivity index (χ0n) is 7.78. The molecule has 2 aliphatic rings. The minimum atomic E-state index is 0.0408. The number of piperidine rings is 1. The molecule has 2 fully saturated rings. The maximum absolute atomic E-state index is 11.7. The van der Waals surface area contributed by atoms with Crippen molar-refractivity contribution in [1.82, 2.24) is 9.96 Å². The van der Waals surface area contributed by atoms with E-state index in [1.54, 1.807) is 0 Å². The van der Waals surface area contributed by atoms with Crippen molar-refractivity contribution in [3.8, 4) is 0 Å². The molecule has 0 bridgehead atoms. The summed E-state index contributed by atoms with van der Waals surface area (Å²) in [5, 5.41) is 10.5. The number of carbonyl (C=O) groups excluding carboxylic acids is 1. The number of nitrogens with zero attached hydrogens (tertiary/aromatic N) is 2. The van der Waals surface area contributed by atoms with Gasteiger partial charge in [-0.25, -0.2) is 0 Å². The van der Waals surface area contributed by atoms with E-state index < -0.39 is 0 Å². The molecule has 0 aromatic carbocycles. The summed E-state index contributed by atoms with van der Waals surface area (Å²) in [5.41, 5.74) is 0. The van der Waals surface area contributed by atoms with Crippen LogP contribution in [0.5, 0.6) is 0 Å². The van der Waals surface area contributed by atoms with E-state index in [1.165, 1.54) is 5.06 Å². The van der Waals surface area contributed by atoms with E-state index in [0.717, 1.165) is 32.4 Å². The summed E-state index contributed by atoms with van der Waals surface area (Å²) >= 11 is 0. The number of hydroxylamine groups is 2. The highest BCUT2D eigenvalue weighted by atomic mass is 16.5. The van der Waals surface area contributed by atoms with Crippen LogP contribution in [0.15, 0.2) is 0 Å². The molecule has 2 rings (SSSR count). The Bertz CT molecular complexity index is 204. The first kappa shape index (κ1) is 8.97. The summed E-state index contributed by atoms with van der Waals surface area (Å²) in [5.74, 6) is 0.282. The van der Waals surface area contributed by atoms with Crippen molar-refractivity contribution in [2.45, 2.75) is 19.3 Å². The summed E-state index contributed by atoms with van der Waals surface area (Å²) in [7, 11) is 0. The molecule has 4 nitrogen and oxygen atoms in total. The molecule has 1 atom stereocenters. The van der Waals surface area contributed by atoms with Gasteiger partial charge >= 0.3 is 0 Å². The topological polar surface area (TPSA) is 43.8 Å². The van der Waals surface area contributed by atoms with Crippen molar-refractivity contribution in [2.75, 3.05) is 26.2 Å². The SMILES string of the molecule is O=C([C@H]1CCCN(O)C1)N1CCC1. The fourth-order valence-corrected chi connectivity index (χ4v) is 1.95. The summed E-state index contributed by atoms with van der Waals surface area (Å²) in [6.07, 6.45) is 3.01. The highest BCUT2D eigenvalue weighted by molar-refractivity contribution is 5.79. The fraction of sp³-hybridized carbons (Fsp3) is 0.889. The number of amides is 1. The Kier molecular flexibility index (Phi) is 2.51. The van der Waals surface area contributed by atoms with Gasteiger partial charge < -0.3 is 10.1 Å². The standard InChI is InChI=1S/C9H16N2O2/c12-9(10-4-2-5-10)8-3-1-6-11(13)7-8/h8,13H,1-7H2/t8-/m0/s1. The first-order valence-corrected chi connectivity index (χ1v) is 5.00. The zero-order valence-corrected chi connectivity index (χ0v) is 7.78. The van der Waals surface area contributed by atoms with Gasteiger partial charge in [-0.05, 0) is 19.3 Å². The maximum atomic E-state index is 11.7. The molecule has 4 heteroatoms. The molecule has 0 aromatic heterocycles.